The van der Waals surface area contributed by atoms with Gasteiger partial charge in [-0.25, -0.2) is 4.79 Å². The summed E-state index contributed by atoms with van der Waals surface area (Å²) in [5, 5.41) is 8.42. The van der Waals surface area contributed by atoms with Crippen LogP contribution in [0.5, 0.6) is 0 Å². The van der Waals surface area contributed by atoms with Crippen molar-refractivity contribution in [2.75, 3.05) is 6.54 Å². The molecule has 0 aromatic rings. The molecule has 1 heterocycles. The van der Waals surface area contributed by atoms with Gasteiger partial charge < -0.3 is 10.0 Å². The average Bonchev–Trinajstić information content (AvgIpc) is 2.39. The van der Waals surface area contributed by atoms with Gasteiger partial charge in [0.1, 0.15) is 0 Å². The van der Waals surface area contributed by atoms with Gasteiger partial charge >= 0.3 is 5.97 Å². The smallest absolute Gasteiger partial charge is 0.328 e. The van der Waals surface area contributed by atoms with Gasteiger partial charge in [0.2, 0.25) is 5.91 Å². The summed E-state index contributed by atoms with van der Waals surface area (Å²) in [4.78, 5) is 23.7. The van der Waals surface area contributed by atoms with E-state index in [9.17, 15) is 9.59 Å². The average molecular weight is 211 g/mol. The molecule has 1 saturated heterocycles. The largest absolute Gasteiger partial charge is 0.478 e. The van der Waals surface area contributed by atoms with Crippen molar-refractivity contribution in [1.29, 1.82) is 0 Å². The highest BCUT2D eigenvalue weighted by molar-refractivity contribution is 5.94. The molecule has 0 aromatic carbocycles. The van der Waals surface area contributed by atoms with E-state index >= 15 is 0 Å². The number of carbonyl (C=O) groups is 2. The highest BCUT2D eigenvalue weighted by atomic mass is 16.4. The van der Waals surface area contributed by atoms with Crippen LogP contribution in [0.2, 0.25) is 0 Å². The molecule has 1 atom stereocenters. The van der Waals surface area contributed by atoms with E-state index < -0.39 is 5.97 Å². The summed E-state index contributed by atoms with van der Waals surface area (Å²) in [5.41, 5.74) is 0. The second-order valence-electron chi connectivity index (χ2n) is 3.90. The summed E-state index contributed by atoms with van der Waals surface area (Å²) in [7, 11) is 0. The van der Waals surface area contributed by atoms with Crippen LogP contribution in [0.4, 0.5) is 0 Å². The number of carboxylic acids is 1. The molecule has 0 spiro atoms. The third-order valence-corrected chi connectivity index (χ3v) is 2.70. The lowest BCUT2D eigenvalue weighted by Gasteiger charge is -2.25. The molecule has 15 heavy (non-hydrogen) atoms. The van der Waals surface area contributed by atoms with Crippen LogP contribution in [-0.2, 0) is 9.59 Å². The Hall–Kier alpha value is -1.32. The first-order chi connectivity index (χ1) is 7.11. The van der Waals surface area contributed by atoms with Gasteiger partial charge in [-0.1, -0.05) is 12.8 Å². The lowest BCUT2D eigenvalue weighted by atomic mass is 10.1. The number of rotatable bonds is 2. The fraction of sp³-hybridized carbons (Fsp3) is 0.636. The fourth-order valence-electron chi connectivity index (χ4n) is 1.84. The first-order valence-corrected chi connectivity index (χ1v) is 5.33. The Labute approximate surface area is 89.6 Å². The zero-order valence-electron chi connectivity index (χ0n) is 8.98. The minimum atomic E-state index is -1.08. The van der Waals surface area contributed by atoms with Crippen LogP contribution in [-0.4, -0.2) is 34.5 Å². The van der Waals surface area contributed by atoms with E-state index in [4.69, 9.17) is 5.11 Å². The number of carbonyl (C=O) groups excluding carboxylic acids is 1. The Balaban J connectivity index is 2.59. The Bertz CT molecular complexity index is 273. The van der Waals surface area contributed by atoms with E-state index in [0.717, 1.165) is 44.4 Å². The van der Waals surface area contributed by atoms with Crippen LogP contribution in [0.1, 0.15) is 32.6 Å². The van der Waals surface area contributed by atoms with Gasteiger partial charge in [0.15, 0.2) is 0 Å². The van der Waals surface area contributed by atoms with Crippen LogP contribution in [0.15, 0.2) is 12.2 Å². The normalized spacial score (nSPS) is 22.7. The standard InChI is InChI=1S/C11H17NO3/c1-9-5-3-2-4-8-12(9)10(13)6-7-11(14)15/h6-7,9H,2-5,8H2,1H3,(H,14,15). The van der Waals surface area contributed by atoms with Crippen LogP contribution in [0, 0.1) is 0 Å². The molecule has 4 heteroatoms. The zero-order valence-corrected chi connectivity index (χ0v) is 8.98. The number of hydrogen-bond donors (Lipinski definition) is 1. The molecule has 4 nitrogen and oxygen atoms in total. The van der Waals surface area contributed by atoms with Crippen molar-refractivity contribution in [2.45, 2.75) is 38.6 Å². The fourth-order valence-corrected chi connectivity index (χ4v) is 1.84. The summed E-state index contributed by atoms with van der Waals surface area (Å²) >= 11 is 0. The summed E-state index contributed by atoms with van der Waals surface area (Å²) in [6, 6.07) is 0.221. The van der Waals surface area contributed by atoms with E-state index in [1.165, 1.54) is 0 Å². The molecule has 1 aliphatic heterocycles. The molecule has 0 aliphatic carbocycles. The molecule has 0 saturated carbocycles. The molecule has 1 rings (SSSR count). The minimum Gasteiger partial charge on any atom is -0.478 e. The highest BCUT2D eigenvalue weighted by Crippen LogP contribution is 2.16. The number of carboxylic acid groups (broad SMARTS) is 1. The van der Waals surface area contributed by atoms with Gasteiger partial charge in [0, 0.05) is 24.7 Å². The molecule has 84 valence electrons. The van der Waals surface area contributed by atoms with Crippen LogP contribution in [0.3, 0.4) is 0 Å². The maximum absolute atomic E-state index is 11.6. The quantitative estimate of drug-likeness (QED) is 0.703. The van der Waals surface area contributed by atoms with E-state index in [-0.39, 0.29) is 11.9 Å². The number of amides is 1. The van der Waals surface area contributed by atoms with Gasteiger partial charge in [-0.05, 0) is 19.8 Å². The van der Waals surface area contributed by atoms with Crippen LogP contribution in [0.25, 0.3) is 0 Å². The molecule has 1 N–H and O–H groups in total. The van der Waals surface area contributed by atoms with Crippen LogP contribution < -0.4 is 0 Å². The second-order valence-corrected chi connectivity index (χ2v) is 3.90. The van der Waals surface area contributed by atoms with E-state index in [1.807, 2.05) is 6.92 Å². The molecule has 1 amide bonds. The first-order valence-electron chi connectivity index (χ1n) is 5.33. The van der Waals surface area contributed by atoms with E-state index in [0.29, 0.717) is 0 Å². The van der Waals surface area contributed by atoms with Gasteiger partial charge in [-0.3, -0.25) is 4.79 Å². The van der Waals surface area contributed by atoms with Crippen molar-refractivity contribution in [1.82, 2.24) is 4.90 Å². The number of aliphatic carboxylic acids is 1. The Morgan fingerprint density at radius 2 is 2.00 bits per heavy atom. The summed E-state index contributed by atoms with van der Waals surface area (Å²) in [5.74, 6) is -1.27. The van der Waals surface area contributed by atoms with Crippen molar-refractivity contribution in [2.24, 2.45) is 0 Å². The van der Waals surface area contributed by atoms with Crippen molar-refractivity contribution in [3.63, 3.8) is 0 Å². The lowest BCUT2D eigenvalue weighted by Crippen LogP contribution is -2.37. The number of hydrogen-bond acceptors (Lipinski definition) is 2. The predicted molar refractivity (Wildman–Crippen MR) is 56.4 cm³/mol. The molecule has 0 bridgehead atoms. The topological polar surface area (TPSA) is 57.6 Å². The minimum absolute atomic E-state index is 0.188. The Morgan fingerprint density at radius 3 is 2.67 bits per heavy atom. The molecular weight excluding hydrogens is 194 g/mol. The first kappa shape index (κ1) is 11.8. The van der Waals surface area contributed by atoms with Gasteiger partial charge in [0.05, 0.1) is 0 Å². The summed E-state index contributed by atoms with van der Waals surface area (Å²) in [6.07, 6.45) is 6.36. The maximum atomic E-state index is 11.6. The van der Waals surface area contributed by atoms with Gasteiger partial charge in [0.25, 0.3) is 0 Å². The monoisotopic (exact) mass is 211 g/mol. The highest BCUT2D eigenvalue weighted by Gasteiger charge is 2.19. The molecule has 1 aliphatic rings. The molecule has 0 aromatic heterocycles. The van der Waals surface area contributed by atoms with E-state index in [2.05, 4.69) is 0 Å². The van der Waals surface area contributed by atoms with Crippen molar-refractivity contribution < 1.29 is 14.7 Å². The van der Waals surface area contributed by atoms with E-state index in [1.54, 1.807) is 4.90 Å². The SMILES string of the molecule is CC1CCCCCN1C(=O)C=CC(=O)O. The van der Waals surface area contributed by atoms with Crippen LogP contribution >= 0.6 is 0 Å². The van der Waals surface area contributed by atoms with Crippen molar-refractivity contribution in [3.05, 3.63) is 12.2 Å². The summed E-state index contributed by atoms with van der Waals surface area (Å²) in [6.45, 7) is 2.75. The lowest BCUT2D eigenvalue weighted by molar-refractivity contribution is -0.132. The number of likely N-dealkylation sites (tertiary alicyclic amines) is 1. The van der Waals surface area contributed by atoms with Gasteiger partial charge in [-0.2, -0.15) is 0 Å². The van der Waals surface area contributed by atoms with Gasteiger partial charge in [-0.15, -0.1) is 0 Å². The molecule has 0 radical (unpaired) electrons. The van der Waals surface area contributed by atoms with Crippen molar-refractivity contribution >= 4 is 11.9 Å². The Kier molecular flexibility index (Phi) is 4.34. The Morgan fingerprint density at radius 1 is 1.27 bits per heavy atom. The zero-order chi connectivity index (χ0) is 11.3. The third kappa shape index (κ3) is 3.73. The van der Waals surface area contributed by atoms with Crippen molar-refractivity contribution in [3.8, 4) is 0 Å². The maximum Gasteiger partial charge on any atom is 0.328 e. The second kappa shape index (κ2) is 5.53. The third-order valence-electron chi connectivity index (χ3n) is 2.70. The number of nitrogens with zero attached hydrogens (tertiary/aromatic N) is 1. The molecular formula is C11H17NO3. The summed E-state index contributed by atoms with van der Waals surface area (Å²) < 4.78 is 0. The molecule has 1 fully saturated rings. The predicted octanol–water partition coefficient (Wildman–Crippen LogP) is 1.42. The molecule has 1 unspecified atom stereocenters.